The van der Waals surface area contributed by atoms with Gasteiger partial charge in [0.25, 0.3) is 12.4 Å². The third kappa shape index (κ3) is 5.82. The summed E-state index contributed by atoms with van der Waals surface area (Å²) in [5.74, 6) is 1.23. The number of carbonyl (C=O) groups is 3. The van der Waals surface area contributed by atoms with E-state index in [0.717, 1.165) is 11.3 Å². The monoisotopic (exact) mass is 488 g/mol. The first kappa shape index (κ1) is 26.6. The highest BCUT2D eigenvalue weighted by molar-refractivity contribution is 6.07. The second-order valence-electron chi connectivity index (χ2n) is 10.3. The van der Waals surface area contributed by atoms with E-state index in [1.54, 1.807) is 14.0 Å². The molecule has 3 heterocycles. The van der Waals surface area contributed by atoms with Gasteiger partial charge in [-0.3, -0.25) is 24.3 Å². The Morgan fingerprint density at radius 1 is 1.29 bits per heavy atom. The zero-order valence-corrected chi connectivity index (χ0v) is 21.3. The molecule has 4 atom stereocenters. The molecular formula is C25H36N4O6. The summed E-state index contributed by atoms with van der Waals surface area (Å²) in [5.41, 5.74) is 0.225. The third-order valence-electron chi connectivity index (χ3n) is 6.52. The van der Waals surface area contributed by atoms with Crippen LogP contribution >= 0.6 is 0 Å². The van der Waals surface area contributed by atoms with Crippen molar-refractivity contribution >= 4 is 24.1 Å². The molecule has 0 radical (unpaired) electrons. The zero-order chi connectivity index (χ0) is 26.0. The predicted molar refractivity (Wildman–Crippen MR) is 130 cm³/mol. The third-order valence-corrected chi connectivity index (χ3v) is 6.52. The Labute approximate surface area is 206 Å². The van der Waals surface area contributed by atoms with Gasteiger partial charge in [0.2, 0.25) is 5.91 Å². The number of amidine groups is 1. The molecule has 2 amide bonds. The van der Waals surface area contributed by atoms with Crippen LogP contribution in [0.2, 0.25) is 0 Å². The number of hydrogen-bond acceptors (Lipinski definition) is 8. The van der Waals surface area contributed by atoms with E-state index in [1.807, 2.05) is 57.0 Å². The molecule has 0 saturated carbocycles. The molecule has 0 bridgehead atoms. The van der Waals surface area contributed by atoms with Gasteiger partial charge in [-0.1, -0.05) is 12.1 Å². The summed E-state index contributed by atoms with van der Waals surface area (Å²) in [5, 5.41) is 12.5. The van der Waals surface area contributed by atoms with Gasteiger partial charge in [0.05, 0.1) is 13.2 Å². The molecule has 2 saturated heterocycles. The Bertz CT molecular complexity index is 971. The standard InChI is InChI=1S/C20H26N4O4.C5H10O2/c1-12(25)16-18(26)22-17(21-16)14-8-20(23(2)10-14)11-24(19(20)27)9-13-4-6-15(28-3)7-5-13;1-5(2,3)7-4-6/h4-7,12,14,16,25H,8-11H2,1-3H3,(H,21,22,26);4H,1-3H3. The number of aliphatic imine (C=N–C) groups is 1. The lowest BCUT2D eigenvalue weighted by Crippen LogP contribution is -2.70. The highest BCUT2D eigenvalue weighted by Gasteiger charge is 2.60. The molecule has 2 fully saturated rings. The number of amides is 2. The van der Waals surface area contributed by atoms with Gasteiger partial charge in [-0.15, -0.1) is 0 Å². The summed E-state index contributed by atoms with van der Waals surface area (Å²) < 4.78 is 9.72. The number of β-lactam (4-membered cyclic amide) rings is 1. The molecule has 0 aliphatic carbocycles. The first-order chi connectivity index (χ1) is 16.4. The van der Waals surface area contributed by atoms with Crippen LogP contribution in [0.4, 0.5) is 0 Å². The topological polar surface area (TPSA) is 121 Å². The van der Waals surface area contributed by atoms with Crippen LogP contribution in [-0.4, -0.2) is 89.6 Å². The number of likely N-dealkylation sites (tertiary alicyclic amines) is 2. The first-order valence-corrected chi connectivity index (χ1v) is 11.7. The van der Waals surface area contributed by atoms with Gasteiger partial charge in [0.15, 0.2) is 6.04 Å². The van der Waals surface area contributed by atoms with E-state index in [1.165, 1.54) is 0 Å². The van der Waals surface area contributed by atoms with Gasteiger partial charge in [-0.2, -0.15) is 0 Å². The van der Waals surface area contributed by atoms with Crippen LogP contribution in [0.15, 0.2) is 29.3 Å². The van der Waals surface area contributed by atoms with E-state index in [9.17, 15) is 19.5 Å². The molecule has 10 nitrogen and oxygen atoms in total. The van der Waals surface area contributed by atoms with E-state index >= 15 is 0 Å². The Kier molecular flexibility index (Phi) is 7.86. The van der Waals surface area contributed by atoms with Crippen molar-refractivity contribution in [2.45, 2.75) is 63.9 Å². The Hall–Kier alpha value is -2.98. The average Bonchev–Trinajstić information content (AvgIpc) is 3.35. The minimum absolute atomic E-state index is 0.00946. The molecule has 192 valence electrons. The Morgan fingerprint density at radius 2 is 1.94 bits per heavy atom. The van der Waals surface area contributed by atoms with Crippen molar-refractivity contribution in [1.82, 2.24) is 15.1 Å². The molecule has 2 N–H and O–H groups in total. The van der Waals surface area contributed by atoms with Crippen LogP contribution in [0, 0.1) is 5.92 Å². The van der Waals surface area contributed by atoms with Crippen molar-refractivity contribution in [3.63, 3.8) is 0 Å². The normalized spacial score (nSPS) is 26.9. The summed E-state index contributed by atoms with van der Waals surface area (Å²) in [6, 6.07) is 6.98. The number of rotatable bonds is 6. The van der Waals surface area contributed by atoms with Crippen LogP contribution < -0.4 is 10.1 Å². The number of likely N-dealkylation sites (N-methyl/N-ethyl adjacent to an activating group) is 1. The van der Waals surface area contributed by atoms with Gasteiger partial charge >= 0.3 is 0 Å². The van der Waals surface area contributed by atoms with Crippen molar-refractivity contribution in [3.05, 3.63) is 29.8 Å². The molecule has 10 heteroatoms. The molecule has 1 spiro atoms. The Balaban J connectivity index is 0.000000429. The number of ether oxygens (including phenoxy) is 2. The smallest absolute Gasteiger partial charge is 0.293 e. The minimum Gasteiger partial charge on any atom is -0.497 e. The van der Waals surface area contributed by atoms with Gasteiger partial charge in [-0.25, -0.2) is 0 Å². The number of hydrogen-bond donors (Lipinski definition) is 2. The van der Waals surface area contributed by atoms with Crippen LogP contribution in [0.1, 0.15) is 39.7 Å². The van der Waals surface area contributed by atoms with Crippen LogP contribution in [-0.2, 0) is 25.7 Å². The molecule has 3 aliphatic rings. The fraction of sp³-hybridized carbons (Fsp3) is 0.600. The molecule has 3 aliphatic heterocycles. The van der Waals surface area contributed by atoms with Crippen LogP contribution in [0.3, 0.4) is 0 Å². The summed E-state index contributed by atoms with van der Waals surface area (Å²) >= 11 is 0. The van der Waals surface area contributed by atoms with Crippen molar-refractivity contribution in [2.24, 2.45) is 10.9 Å². The second kappa shape index (κ2) is 10.3. The maximum atomic E-state index is 13.0. The van der Waals surface area contributed by atoms with Gasteiger partial charge < -0.3 is 24.8 Å². The molecule has 4 rings (SSSR count). The number of nitrogens with one attached hydrogen (secondary N) is 1. The fourth-order valence-corrected chi connectivity index (χ4v) is 4.61. The van der Waals surface area contributed by atoms with Crippen LogP contribution in [0.25, 0.3) is 0 Å². The maximum absolute atomic E-state index is 13.0. The van der Waals surface area contributed by atoms with E-state index in [-0.39, 0.29) is 23.3 Å². The maximum Gasteiger partial charge on any atom is 0.293 e. The lowest BCUT2D eigenvalue weighted by atomic mass is 9.83. The summed E-state index contributed by atoms with van der Waals surface area (Å²) in [6.45, 7) is 9.38. The SMILES string of the molecule is CC(C)(C)OC=O.COc1ccc(CN2CC3(CC(C4=NC(C(C)O)C(=O)N4)CN3C)C2=O)cc1. The number of carbonyl (C=O) groups excluding carboxylic acids is 3. The van der Waals surface area contributed by atoms with E-state index < -0.39 is 17.7 Å². The molecule has 35 heavy (non-hydrogen) atoms. The lowest BCUT2D eigenvalue weighted by molar-refractivity contribution is -0.161. The molecule has 1 aromatic rings. The van der Waals surface area contributed by atoms with Crippen molar-refractivity contribution < 1.29 is 29.0 Å². The van der Waals surface area contributed by atoms with Crippen LogP contribution in [0.5, 0.6) is 5.75 Å². The number of nitrogens with zero attached hydrogens (tertiary/aromatic N) is 3. The molecular weight excluding hydrogens is 452 g/mol. The quantitative estimate of drug-likeness (QED) is 0.452. The van der Waals surface area contributed by atoms with E-state index in [4.69, 9.17) is 4.74 Å². The summed E-state index contributed by atoms with van der Waals surface area (Å²) in [6.07, 6.45) is -0.191. The molecule has 4 unspecified atom stereocenters. The zero-order valence-electron chi connectivity index (χ0n) is 21.3. The number of aliphatic hydroxyl groups excluding tert-OH is 1. The fourth-order valence-electron chi connectivity index (χ4n) is 4.61. The first-order valence-electron chi connectivity index (χ1n) is 11.7. The largest absolute Gasteiger partial charge is 0.497 e. The Morgan fingerprint density at radius 3 is 2.40 bits per heavy atom. The molecule has 0 aromatic heterocycles. The molecule has 1 aromatic carbocycles. The summed E-state index contributed by atoms with van der Waals surface area (Å²) in [4.78, 5) is 42.9. The predicted octanol–water partition coefficient (Wildman–Crippen LogP) is 0.964. The minimum atomic E-state index is -0.823. The number of benzene rings is 1. The highest BCUT2D eigenvalue weighted by atomic mass is 16.5. The number of aliphatic hydroxyl groups is 1. The number of methoxy groups -OCH3 is 1. The van der Waals surface area contributed by atoms with Gasteiger partial charge in [0, 0.05) is 25.6 Å². The van der Waals surface area contributed by atoms with Gasteiger partial charge in [-0.05, 0) is 58.9 Å². The highest BCUT2D eigenvalue weighted by Crippen LogP contribution is 2.41. The second-order valence-corrected chi connectivity index (χ2v) is 10.3. The van der Waals surface area contributed by atoms with Crippen molar-refractivity contribution in [2.75, 3.05) is 27.2 Å². The average molecular weight is 489 g/mol. The van der Waals surface area contributed by atoms with E-state index in [2.05, 4.69) is 19.9 Å². The van der Waals surface area contributed by atoms with E-state index in [0.29, 0.717) is 38.4 Å². The summed E-state index contributed by atoms with van der Waals surface area (Å²) in [7, 11) is 3.58. The van der Waals surface area contributed by atoms with Crippen molar-refractivity contribution in [1.29, 1.82) is 0 Å². The van der Waals surface area contributed by atoms with Crippen molar-refractivity contribution in [3.8, 4) is 5.75 Å². The van der Waals surface area contributed by atoms with Gasteiger partial charge in [0.1, 0.15) is 22.7 Å². The lowest BCUT2D eigenvalue weighted by Gasteiger charge is -2.50.